The lowest BCUT2D eigenvalue weighted by Gasteiger charge is -2.23. The lowest BCUT2D eigenvalue weighted by molar-refractivity contribution is 0.455. The first-order valence-electron chi connectivity index (χ1n) is 7.02. The molecule has 0 bridgehead atoms. The molecule has 0 spiro atoms. The summed E-state index contributed by atoms with van der Waals surface area (Å²) in [4.78, 5) is 9.75. The molecule has 1 atom stereocenters. The summed E-state index contributed by atoms with van der Waals surface area (Å²) in [5.74, 6) is 0.684. The van der Waals surface area contributed by atoms with E-state index in [1.54, 1.807) is 5.51 Å². The average molecular weight is 336 g/mol. The van der Waals surface area contributed by atoms with Crippen molar-refractivity contribution in [3.05, 3.63) is 28.5 Å². The first-order chi connectivity index (χ1) is 10.2. The molecular formula is C15H18ClN5S. The molecule has 1 unspecified atom stereocenters. The van der Waals surface area contributed by atoms with Gasteiger partial charge >= 0.3 is 0 Å². The molecule has 116 valence electrons. The summed E-state index contributed by atoms with van der Waals surface area (Å²) >= 11 is 1.54. The van der Waals surface area contributed by atoms with Crippen LogP contribution in [0.5, 0.6) is 0 Å². The molecule has 2 aromatic rings. The van der Waals surface area contributed by atoms with E-state index in [1.165, 1.54) is 11.3 Å². The third-order valence-electron chi connectivity index (χ3n) is 3.88. The highest BCUT2D eigenvalue weighted by Crippen LogP contribution is 2.35. The molecule has 0 radical (unpaired) electrons. The minimum absolute atomic E-state index is 0. The SMILES string of the molecule is Cc1ncsc1-c1cc(C2CCCNC2)nc(N)c1C#N.Cl. The average Bonchev–Trinajstić information content (AvgIpc) is 2.93. The van der Waals surface area contributed by atoms with Gasteiger partial charge in [0.05, 0.1) is 16.1 Å². The van der Waals surface area contributed by atoms with Gasteiger partial charge in [0, 0.05) is 23.7 Å². The normalized spacial score (nSPS) is 17.5. The topological polar surface area (TPSA) is 87.6 Å². The van der Waals surface area contributed by atoms with E-state index in [1.807, 2.05) is 13.0 Å². The first-order valence-corrected chi connectivity index (χ1v) is 7.90. The first kappa shape index (κ1) is 16.7. The van der Waals surface area contributed by atoms with Gasteiger partial charge in [-0.3, -0.25) is 0 Å². The number of aromatic nitrogens is 2. The minimum atomic E-state index is 0. The second-order valence-electron chi connectivity index (χ2n) is 5.28. The Labute approximate surface area is 140 Å². The van der Waals surface area contributed by atoms with Gasteiger partial charge in [-0.25, -0.2) is 9.97 Å². The Morgan fingerprint density at radius 2 is 2.32 bits per heavy atom. The number of hydrogen-bond donors (Lipinski definition) is 2. The quantitative estimate of drug-likeness (QED) is 0.881. The van der Waals surface area contributed by atoms with Crippen molar-refractivity contribution in [3.8, 4) is 16.5 Å². The molecule has 3 N–H and O–H groups in total. The number of halogens is 1. The van der Waals surface area contributed by atoms with Crippen molar-refractivity contribution < 1.29 is 0 Å². The molecular weight excluding hydrogens is 318 g/mol. The van der Waals surface area contributed by atoms with Crippen LogP contribution in [0.3, 0.4) is 0 Å². The van der Waals surface area contributed by atoms with E-state index in [2.05, 4.69) is 21.4 Å². The van der Waals surface area contributed by atoms with Gasteiger partial charge in [0.1, 0.15) is 17.5 Å². The Bertz CT molecular complexity index is 700. The van der Waals surface area contributed by atoms with Gasteiger partial charge in [-0.15, -0.1) is 23.7 Å². The van der Waals surface area contributed by atoms with E-state index in [0.717, 1.165) is 47.8 Å². The summed E-state index contributed by atoms with van der Waals surface area (Å²) in [7, 11) is 0. The molecule has 1 saturated heterocycles. The predicted octanol–water partition coefficient (Wildman–Crippen LogP) is 2.86. The molecule has 0 aromatic carbocycles. The van der Waals surface area contributed by atoms with E-state index in [-0.39, 0.29) is 12.4 Å². The van der Waals surface area contributed by atoms with Gasteiger partial charge < -0.3 is 11.1 Å². The summed E-state index contributed by atoms with van der Waals surface area (Å²) in [5, 5.41) is 12.8. The Balaban J connectivity index is 0.00000176. The van der Waals surface area contributed by atoms with Crippen LogP contribution in [0.15, 0.2) is 11.6 Å². The fraction of sp³-hybridized carbons (Fsp3) is 0.400. The number of anilines is 1. The maximum atomic E-state index is 9.39. The van der Waals surface area contributed by atoms with Crippen molar-refractivity contribution in [2.75, 3.05) is 18.8 Å². The highest BCUT2D eigenvalue weighted by atomic mass is 35.5. The van der Waals surface area contributed by atoms with Crippen molar-refractivity contribution in [1.82, 2.24) is 15.3 Å². The van der Waals surface area contributed by atoms with E-state index >= 15 is 0 Å². The lowest BCUT2D eigenvalue weighted by atomic mass is 9.93. The van der Waals surface area contributed by atoms with Crippen LogP contribution in [0.1, 0.15) is 35.7 Å². The zero-order valence-corrected chi connectivity index (χ0v) is 13.9. The van der Waals surface area contributed by atoms with Crippen LogP contribution in [-0.4, -0.2) is 23.1 Å². The fourth-order valence-electron chi connectivity index (χ4n) is 2.76. The zero-order valence-electron chi connectivity index (χ0n) is 12.3. The number of nitrogens with zero attached hydrogens (tertiary/aromatic N) is 3. The monoisotopic (exact) mass is 335 g/mol. The second kappa shape index (κ2) is 7.05. The van der Waals surface area contributed by atoms with Crippen molar-refractivity contribution in [1.29, 1.82) is 5.26 Å². The van der Waals surface area contributed by atoms with Gasteiger partial charge in [-0.1, -0.05) is 0 Å². The number of nitrogen functional groups attached to an aromatic ring is 1. The summed E-state index contributed by atoms with van der Waals surface area (Å²) < 4.78 is 0. The van der Waals surface area contributed by atoms with Gasteiger partial charge in [-0.05, 0) is 32.4 Å². The predicted molar refractivity (Wildman–Crippen MR) is 91.3 cm³/mol. The number of nitrogens with one attached hydrogen (secondary N) is 1. The molecule has 2 aromatic heterocycles. The lowest BCUT2D eigenvalue weighted by Crippen LogP contribution is -2.29. The highest BCUT2D eigenvalue weighted by Gasteiger charge is 2.21. The number of hydrogen-bond acceptors (Lipinski definition) is 6. The number of nitrogens with two attached hydrogens (primary N) is 1. The van der Waals surface area contributed by atoms with Crippen LogP contribution in [-0.2, 0) is 0 Å². The Kier molecular flexibility index (Phi) is 5.35. The number of aryl methyl sites for hydroxylation is 1. The van der Waals surface area contributed by atoms with E-state index in [0.29, 0.717) is 17.3 Å². The summed E-state index contributed by atoms with van der Waals surface area (Å²) in [6, 6.07) is 4.21. The standard InChI is InChI=1S/C15H17N5S.ClH/c1-9-14(21-8-19-9)11-5-13(10-3-2-4-18-7-10)20-15(17)12(11)6-16;/h5,8,10,18H,2-4,7H2,1H3,(H2,17,20);1H. The van der Waals surface area contributed by atoms with Crippen LogP contribution >= 0.6 is 23.7 Å². The highest BCUT2D eigenvalue weighted by molar-refractivity contribution is 7.13. The van der Waals surface area contributed by atoms with E-state index in [9.17, 15) is 5.26 Å². The molecule has 0 aliphatic carbocycles. The number of rotatable bonds is 2. The molecule has 1 aliphatic heterocycles. The maximum Gasteiger partial charge on any atom is 0.142 e. The molecule has 0 saturated carbocycles. The fourth-order valence-corrected chi connectivity index (χ4v) is 3.58. The summed E-state index contributed by atoms with van der Waals surface area (Å²) in [6.07, 6.45) is 2.24. The van der Waals surface area contributed by atoms with Crippen molar-refractivity contribution in [2.45, 2.75) is 25.7 Å². The minimum Gasteiger partial charge on any atom is -0.383 e. The van der Waals surface area contributed by atoms with Crippen LogP contribution < -0.4 is 11.1 Å². The van der Waals surface area contributed by atoms with Crippen molar-refractivity contribution in [2.24, 2.45) is 0 Å². The van der Waals surface area contributed by atoms with Crippen LogP contribution in [0.2, 0.25) is 0 Å². The molecule has 7 heteroatoms. The molecule has 3 rings (SSSR count). The van der Waals surface area contributed by atoms with Crippen LogP contribution in [0.4, 0.5) is 5.82 Å². The van der Waals surface area contributed by atoms with Crippen molar-refractivity contribution in [3.63, 3.8) is 0 Å². The van der Waals surface area contributed by atoms with Gasteiger partial charge in [0.2, 0.25) is 0 Å². The zero-order chi connectivity index (χ0) is 14.8. The molecule has 0 amide bonds. The number of pyridine rings is 1. The smallest absolute Gasteiger partial charge is 0.142 e. The Morgan fingerprint density at radius 3 is 2.91 bits per heavy atom. The number of thiazole rings is 1. The summed E-state index contributed by atoms with van der Waals surface area (Å²) in [6.45, 7) is 3.92. The number of nitriles is 1. The second-order valence-corrected chi connectivity index (χ2v) is 6.13. The van der Waals surface area contributed by atoms with Gasteiger partial charge in [-0.2, -0.15) is 5.26 Å². The van der Waals surface area contributed by atoms with E-state index < -0.39 is 0 Å². The Hall–Kier alpha value is -1.68. The summed E-state index contributed by atoms with van der Waals surface area (Å²) in [5.41, 5.74) is 11.0. The third-order valence-corrected chi connectivity index (χ3v) is 4.85. The van der Waals surface area contributed by atoms with Gasteiger partial charge in [0.25, 0.3) is 0 Å². The van der Waals surface area contributed by atoms with Crippen LogP contribution in [0.25, 0.3) is 10.4 Å². The van der Waals surface area contributed by atoms with Gasteiger partial charge in [0.15, 0.2) is 0 Å². The molecule has 1 fully saturated rings. The molecule has 1 aliphatic rings. The number of piperidine rings is 1. The molecule has 3 heterocycles. The Morgan fingerprint density at radius 1 is 1.50 bits per heavy atom. The molecule has 5 nitrogen and oxygen atoms in total. The molecule has 22 heavy (non-hydrogen) atoms. The third kappa shape index (κ3) is 3.07. The van der Waals surface area contributed by atoms with Crippen LogP contribution in [0, 0.1) is 18.3 Å². The van der Waals surface area contributed by atoms with Crippen molar-refractivity contribution >= 4 is 29.6 Å². The maximum absolute atomic E-state index is 9.39. The largest absolute Gasteiger partial charge is 0.383 e. The van der Waals surface area contributed by atoms with E-state index in [4.69, 9.17) is 5.73 Å².